The van der Waals surface area contributed by atoms with Crippen LogP contribution >= 0.6 is 0 Å². The van der Waals surface area contributed by atoms with E-state index in [0.717, 1.165) is 18.4 Å². The molecule has 1 saturated heterocycles. The summed E-state index contributed by atoms with van der Waals surface area (Å²) < 4.78 is 5.48. The fourth-order valence-electron chi connectivity index (χ4n) is 4.04. The number of carbonyl (C=O) groups is 1. The third kappa shape index (κ3) is 3.72. The second-order valence-corrected chi connectivity index (χ2v) is 7.74. The molecule has 4 rings (SSSR count). The highest BCUT2D eigenvalue weighted by molar-refractivity contribution is 5.83. The summed E-state index contributed by atoms with van der Waals surface area (Å²) >= 11 is 0. The lowest BCUT2D eigenvalue weighted by molar-refractivity contribution is -0.125. The first kappa shape index (κ1) is 18.1. The third-order valence-corrected chi connectivity index (χ3v) is 5.56. The van der Waals surface area contributed by atoms with Gasteiger partial charge in [-0.15, -0.1) is 0 Å². The Balaban J connectivity index is 1.48. The van der Waals surface area contributed by atoms with Crippen LogP contribution in [0.2, 0.25) is 0 Å². The van der Waals surface area contributed by atoms with Crippen molar-refractivity contribution in [2.75, 3.05) is 0 Å². The van der Waals surface area contributed by atoms with E-state index in [9.17, 15) is 4.79 Å². The number of fused-ring (bicyclic) bond motifs is 1. The van der Waals surface area contributed by atoms with Crippen molar-refractivity contribution in [2.45, 2.75) is 57.7 Å². The van der Waals surface area contributed by atoms with E-state index in [2.05, 4.69) is 31.3 Å². The average molecular weight is 370 g/mol. The molecule has 3 N–H and O–H groups in total. The van der Waals surface area contributed by atoms with Crippen molar-refractivity contribution < 1.29 is 9.32 Å². The molecule has 1 amide bonds. The van der Waals surface area contributed by atoms with E-state index in [0.29, 0.717) is 23.7 Å². The molecule has 2 aromatic rings. The van der Waals surface area contributed by atoms with Crippen LogP contribution in [0, 0.1) is 11.8 Å². The van der Waals surface area contributed by atoms with E-state index >= 15 is 0 Å². The summed E-state index contributed by atoms with van der Waals surface area (Å²) in [5, 5.41) is 7.19. The molecular formula is C19H26N6O2. The van der Waals surface area contributed by atoms with E-state index in [1.807, 2.05) is 26.0 Å². The second-order valence-electron chi connectivity index (χ2n) is 7.74. The number of hydrazine groups is 1. The van der Waals surface area contributed by atoms with Crippen LogP contribution in [0.4, 0.5) is 0 Å². The summed E-state index contributed by atoms with van der Waals surface area (Å²) in [6, 6.07) is 3.49. The van der Waals surface area contributed by atoms with Crippen LogP contribution < -0.4 is 16.2 Å². The quantitative estimate of drug-likeness (QED) is 0.739. The molecule has 4 unspecified atom stereocenters. The summed E-state index contributed by atoms with van der Waals surface area (Å²) in [5.74, 6) is 1.37. The number of aromatic nitrogens is 3. The molecule has 0 bridgehead atoms. The van der Waals surface area contributed by atoms with Crippen LogP contribution in [0.25, 0.3) is 11.4 Å². The molecule has 144 valence electrons. The highest BCUT2D eigenvalue weighted by Gasteiger charge is 2.42. The fraction of sp³-hybridized carbons (Fsp3) is 0.579. The van der Waals surface area contributed by atoms with Gasteiger partial charge in [-0.05, 0) is 30.9 Å². The largest absolute Gasteiger partial charge is 0.343 e. The van der Waals surface area contributed by atoms with Gasteiger partial charge in [0.05, 0.1) is 0 Å². The standard InChI is InChI=1S/C19H26N6O2/c1-11(2)15(19-22-17(25-27-19)12-7-9-20-10-8-12)21-18(26)16-13-5-3-4-6-14(13)23-24-16/h7-11,13-16,23-24H,3-6H2,1-2H3,(H,21,26). The maximum absolute atomic E-state index is 13.0. The topological polar surface area (TPSA) is 105 Å². The number of hydrogen-bond acceptors (Lipinski definition) is 7. The van der Waals surface area contributed by atoms with E-state index < -0.39 is 0 Å². The van der Waals surface area contributed by atoms with E-state index in [-0.39, 0.29) is 23.9 Å². The van der Waals surface area contributed by atoms with E-state index in [1.165, 1.54) is 12.8 Å². The molecule has 2 aromatic heterocycles. The number of hydrogen-bond donors (Lipinski definition) is 3. The van der Waals surface area contributed by atoms with Crippen molar-refractivity contribution in [3.05, 3.63) is 30.4 Å². The summed E-state index contributed by atoms with van der Waals surface area (Å²) in [6.07, 6.45) is 7.97. The van der Waals surface area contributed by atoms with Crippen LogP contribution in [0.3, 0.4) is 0 Å². The second kappa shape index (κ2) is 7.74. The third-order valence-electron chi connectivity index (χ3n) is 5.56. The summed E-state index contributed by atoms with van der Waals surface area (Å²) in [6.45, 7) is 4.07. The molecule has 27 heavy (non-hydrogen) atoms. The lowest BCUT2D eigenvalue weighted by atomic mass is 9.81. The Morgan fingerprint density at radius 3 is 2.78 bits per heavy atom. The van der Waals surface area contributed by atoms with Gasteiger partial charge in [0.25, 0.3) is 0 Å². The molecule has 2 aliphatic rings. The molecular weight excluding hydrogens is 344 g/mol. The van der Waals surface area contributed by atoms with Crippen molar-refractivity contribution in [3.8, 4) is 11.4 Å². The number of nitrogens with zero attached hydrogens (tertiary/aromatic N) is 3. The number of nitrogens with one attached hydrogen (secondary N) is 3. The van der Waals surface area contributed by atoms with E-state index in [1.54, 1.807) is 12.4 Å². The van der Waals surface area contributed by atoms with Crippen LogP contribution in [-0.2, 0) is 4.79 Å². The van der Waals surface area contributed by atoms with Crippen molar-refractivity contribution >= 4 is 5.91 Å². The smallest absolute Gasteiger partial charge is 0.249 e. The van der Waals surface area contributed by atoms with Gasteiger partial charge in [0.1, 0.15) is 12.1 Å². The fourth-order valence-corrected chi connectivity index (χ4v) is 4.04. The number of carbonyl (C=O) groups excluding carboxylic acids is 1. The zero-order valence-electron chi connectivity index (χ0n) is 15.7. The molecule has 0 radical (unpaired) electrons. The summed E-state index contributed by atoms with van der Waals surface area (Å²) in [5.41, 5.74) is 7.31. The van der Waals surface area contributed by atoms with Gasteiger partial charge in [-0.3, -0.25) is 15.2 Å². The van der Waals surface area contributed by atoms with Gasteiger partial charge in [0.15, 0.2) is 0 Å². The molecule has 1 aliphatic heterocycles. The highest BCUT2D eigenvalue weighted by Crippen LogP contribution is 2.31. The number of rotatable bonds is 5. The van der Waals surface area contributed by atoms with Crippen molar-refractivity contribution in [2.24, 2.45) is 11.8 Å². The molecule has 1 saturated carbocycles. The molecule has 2 fully saturated rings. The maximum atomic E-state index is 13.0. The van der Waals surface area contributed by atoms with Crippen LogP contribution in [0.1, 0.15) is 51.5 Å². The predicted molar refractivity (Wildman–Crippen MR) is 99.1 cm³/mol. The first-order valence-electron chi connectivity index (χ1n) is 9.69. The zero-order chi connectivity index (χ0) is 18.8. The Morgan fingerprint density at radius 1 is 1.22 bits per heavy atom. The van der Waals surface area contributed by atoms with Crippen LogP contribution in [0.5, 0.6) is 0 Å². The molecule has 3 heterocycles. The number of pyridine rings is 1. The Labute approximate surface area is 158 Å². The minimum atomic E-state index is -0.329. The summed E-state index contributed by atoms with van der Waals surface area (Å²) in [4.78, 5) is 21.5. The molecule has 4 atom stereocenters. The van der Waals surface area contributed by atoms with Gasteiger partial charge in [-0.1, -0.05) is 31.8 Å². The van der Waals surface area contributed by atoms with Gasteiger partial charge in [-0.2, -0.15) is 4.98 Å². The molecule has 0 aromatic carbocycles. The average Bonchev–Trinajstić information content (AvgIpc) is 3.34. The minimum Gasteiger partial charge on any atom is -0.343 e. The molecule has 1 aliphatic carbocycles. The lowest BCUT2D eigenvalue weighted by Crippen LogP contribution is -2.47. The monoisotopic (exact) mass is 370 g/mol. The molecule has 8 heteroatoms. The summed E-state index contributed by atoms with van der Waals surface area (Å²) in [7, 11) is 0. The van der Waals surface area contributed by atoms with Gasteiger partial charge < -0.3 is 9.84 Å². The van der Waals surface area contributed by atoms with Gasteiger partial charge >= 0.3 is 0 Å². The van der Waals surface area contributed by atoms with Crippen molar-refractivity contribution in [1.29, 1.82) is 0 Å². The van der Waals surface area contributed by atoms with Crippen LogP contribution in [-0.4, -0.2) is 33.1 Å². The SMILES string of the molecule is CC(C)C(NC(=O)C1NNC2CCCCC21)c1nc(-c2ccncc2)no1. The Hall–Kier alpha value is -2.32. The molecule has 0 spiro atoms. The first-order valence-corrected chi connectivity index (χ1v) is 9.69. The van der Waals surface area contributed by atoms with Gasteiger partial charge in [0, 0.05) is 29.9 Å². The Kier molecular flexibility index (Phi) is 5.18. The van der Waals surface area contributed by atoms with Crippen molar-refractivity contribution in [1.82, 2.24) is 31.3 Å². The highest BCUT2D eigenvalue weighted by atomic mass is 16.5. The normalized spacial score (nSPS) is 26.0. The Bertz CT molecular complexity index is 778. The molecule has 8 nitrogen and oxygen atoms in total. The van der Waals surface area contributed by atoms with Gasteiger partial charge in [0.2, 0.25) is 17.6 Å². The first-order chi connectivity index (χ1) is 13.1. The maximum Gasteiger partial charge on any atom is 0.249 e. The van der Waals surface area contributed by atoms with Crippen LogP contribution in [0.15, 0.2) is 29.0 Å². The minimum absolute atomic E-state index is 0.0146. The predicted octanol–water partition coefficient (Wildman–Crippen LogP) is 1.98. The van der Waals surface area contributed by atoms with Gasteiger partial charge in [-0.25, -0.2) is 5.43 Å². The van der Waals surface area contributed by atoms with Crippen molar-refractivity contribution in [3.63, 3.8) is 0 Å². The zero-order valence-corrected chi connectivity index (χ0v) is 15.7. The lowest BCUT2D eigenvalue weighted by Gasteiger charge is -2.28. The number of amides is 1. The van der Waals surface area contributed by atoms with E-state index in [4.69, 9.17) is 4.52 Å². The Morgan fingerprint density at radius 2 is 2.00 bits per heavy atom.